The summed E-state index contributed by atoms with van der Waals surface area (Å²) in [5.41, 5.74) is 7.56. The average Bonchev–Trinajstić information content (AvgIpc) is 2.75. The Kier molecular flexibility index (Phi) is 3.23. The molecule has 1 aromatic rings. The number of nitrogen functional groups attached to an aromatic ring is 1. The number of carbonyl (C=O) groups is 1. The predicted molar refractivity (Wildman–Crippen MR) is 77.8 cm³/mol. The maximum atomic E-state index is 11.7. The number of benzene rings is 1. The molecule has 0 radical (unpaired) electrons. The van der Waals surface area contributed by atoms with E-state index in [1.807, 2.05) is 11.0 Å². The maximum Gasteiger partial charge on any atom is 0.223 e. The molecule has 19 heavy (non-hydrogen) atoms. The molecule has 1 amide bonds. The van der Waals surface area contributed by atoms with Gasteiger partial charge in [0.25, 0.3) is 0 Å². The van der Waals surface area contributed by atoms with Gasteiger partial charge in [0.2, 0.25) is 5.91 Å². The number of fused-ring (bicyclic) bond motifs is 1. The van der Waals surface area contributed by atoms with Crippen molar-refractivity contribution in [3.63, 3.8) is 0 Å². The zero-order chi connectivity index (χ0) is 13.6. The molecular formula is C13H15Cl2N3O. The van der Waals surface area contributed by atoms with Gasteiger partial charge in [-0.2, -0.15) is 0 Å². The van der Waals surface area contributed by atoms with Crippen LogP contribution >= 0.6 is 23.2 Å². The molecule has 102 valence electrons. The summed E-state index contributed by atoms with van der Waals surface area (Å²) < 4.78 is 0. The van der Waals surface area contributed by atoms with Gasteiger partial charge in [-0.05, 0) is 18.6 Å². The van der Waals surface area contributed by atoms with Crippen LogP contribution in [0.1, 0.15) is 12.8 Å². The molecule has 1 unspecified atom stereocenters. The molecule has 6 heteroatoms. The fraction of sp³-hybridized carbons (Fsp3) is 0.462. The van der Waals surface area contributed by atoms with E-state index in [0.29, 0.717) is 28.2 Å². The zero-order valence-electron chi connectivity index (χ0n) is 10.4. The summed E-state index contributed by atoms with van der Waals surface area (Å²) in [5, 5.41) is 0.980. The highest BCUT2D eigenvalue weighted by molar-refractivity contribution is 6.42. The third-order valence-corrected chi connectivity index (χ3v) is 4.63. The Morgan fingerprint density at radius 1 is 1.21 bits per heavy atom. The number of rotatable bonds is 1. The van der Waals surface area contributed by atoms with E-state index in [1.54, 1.807) is 6.07 Å². The van der Waals surface area contributed by atoms with E-state index in [1.165, 1.54) is 0 Å². The van der Waals surface area contributed by atoms with Crippen molar-refractivity contribution in [1.82, 2.24) is 4.90 Å². The van der Waals surface area contributed by atoms with Crippen molar-refractivity contribution >= 4 is 40.5 Å². The topological polar surface area (TPSA) is 49.6 Å². The lowest BCUT2D eigenvalue weighted by atomic mass is 10.1. The van der Waals surface area contributed by atoms with Crippen LogP contribution in [-0.2, 0) is 4.79 Å². The lowest BCUT2D eigenvalue weighted by Gasteiger charge is -2.39. The van der Waals surface area contributed by atoms with E-state index in [4.69, 9.17) is 28.9 Å². The monoisotopic (exact) mass is 299 g/mol. The van der Waals surface area contributed by atoms with Crippen molar-refractivity contribution in [2.24, 2.45) is 0 Å². The van der Waals surface area contributed by atoms with Crippen LogP contribution in [0.4, 0.5) is 11.4 Å². The minimum atomic E-state index is 0.270. The van der Waals surface area contributed by atoms with Crippen LogP contribution in [-0.4, -0.2) is 36.5 Å². The summed E-state index contributed by atoms with van der Waals surface area (Å²) in [6.07, 6.45) is 1.59. The Morgan fingerprint density at radius 3 is 2.74 bits per heavy atom. The van der Waals surface area contributed by atoms with Gasteiger partial charge in [0, 0.05) is 32.1 Å². The standard InChI is InChI=1S/C13H15Cl2N3O/c14-9-5-11(16)12(6-10(9)15)17-3-4-18-8(7-17)1-2-13(18)19/h5-6,8H,1-4,7,16H2. The first-order valence-electron chi connectivity index (χ1n) is 6.35. The molecule has 2 aliphatic heterocycles. The quantitative estimate of drug-likeness (QED) is 0.810. The van der Waals surface area contributed by atoms with Crippen molar-refractivity contribution in [1.29, 1.82) is 0 Å². The van der Waals surface area contributed by atoms with Gasteiger partial charge < -0.3 is 15.5 Å². The van der Waals surface area contributed by atoms with Gasteiger partial charge in [0.1, 0.15) is 0 Å². The van der Waals surface area contributed by atoms with Gasteiger partial charge in [-0.1, -0.05) is 23.2 Å². The van der Waals surface area contributed by atoms with Crippen LogP contribution in [0.25, 0.3) is 0 Å². The molecule has 0 bridgehead atoms. The van der Waals surface area contributed by atoms with Crippen molar-refractivity contribution in [3.8, 4) is 0 Å². The first-order chi connectivity index (χ1) is 9.06. The van der Waals surface area contributed by atoms with Gasteiger partial charge >= 0.3 is 0 Å². The Bertz CT molecular complexity index is 535. The lowest BCUT2D eigenvalue weighted by molar-refractivity contribution is -0.129. The smallest absolute Gasteiger partial charge is 0.223 e. The minimum Gasteiger partial charge on any atom is -0.397 e. The van der Waals surface area contributed by atoms with Crippen molar-refractivity contribution < 1.29 is 4.79 Å². The van der Waals surface area contributed by atoms with Crippen LogP contribution in [0.15, 0.2) is 12.1 Å². The first-order valence-corrected chi connectivity index (χ1v) is 7.11. The lowest BCUT2D eigenvalue weighted by Crippen LogP contribution is -2.51. The molecule has 3 rings (SSSR count). The maximum absolute atomic E-state index is 11.7. The number of amides is 1. The molecule has 0 spiro atoms. The third kappa shape index (κ3) is 2.23. The highest BCUT2D eigenvalue weighted by atomic mass is 35.5. The molecule has 0 saturated carbocycles. The summed E-state index contributed by atoms with van der Waals surface area (Å²) in [4.78, 5) is 15.8. The van der Waals surface area contributed by atoms with Gasteiger partial charge in [-0.25, -0.2) is 0 Å². The van der Waals surface area contributed by atoms with Crippen molar-refractivity contribution in [2.75, 3.05) is 30.3 Å². The van der Waals surface area contributed by atoms with Crippen LogP contribution in [0.3, 0.4) is 0 Å². The van der Waals surface area contributed by atoms with E-state index < -0.39 is 0 Å². The fourth-order valence-corrected chi connectivity index (χ4v) is 3.24. The molecule has 2 heterocycles. The molecule has 1 aromatic carbocycles. The molecule has 2 N–H and O–H groups in total. The summed E-state index contributed by atoms with van der Waals surface area (Å²) in [6, 6.07) is 3.80. The van der Waals surface area contributed by atoms with Crippen LogP contribution in [0, 0.1) is 0 Å². The Balaban J connectivity index is 1.84. The van der Waals surface area contributed by atoms with Gasteiger partial charge in [0.05, 0.1) is 21.4 Å². The van der Waals surface area contributed by atoms with E-state index >= 15 is 0 Å². The number of piperazine rings is 1. The van der Waals surface area contributed by atoms with Gasteiger partial charge in [0.15, 0.2) is 0 Å². The summed E-state index contributed by atoms with van der Waals surface area (Å²) in [6.45, 7) is 2.35. The molecule has 2 fully saturated rings. The summed E-state index contributed by atoms with van der Waals surface area (Å²) >= 11 is 12.0. The first kappa shape index (κ1) is 12.9. The third-order valence-electron chi connectivity index (χ3n) is 3.90. The molecule has 2 aliphatic rings. The second-order valence-corrected chi connectivity index (χ2v) is 5.87. The van der Waals surface area contributed by atoms with E-state index in [2.05, 4.69) is 4.90 Å². The second-order valence-electron chi connectivity index (χ2n) is 5.05. The zero-order valence-corrected chi connectivity index (χ0v) is 11.9. The van der Waals surface area contributed by atoms with E-state index in [-0.39, 0.29) is 5.91 Å². The normalized spacial score (nSPS) is 22.8. The molecule has 2 saturated heterocycles. The highest BCUT2D eigenvalue weighted by Gasteiger charge is 2.35. The van der Waals surface area contributed by atoms with Crippen molar-refractivity contribution in [2.45, 2.75) is 18.9 Å². The number of nitrogens with two attached hydrogens (primary N) is 1. The number of halogens is 2. The molecule has 1 atom stereocenters. The number of anilines is 2. The molecule has 4 nitrogen and oxygen atoms in total. The van der Waals surface area contributed by atoms with Gasteiger partial charge in [-0.3, -0.25) is 4.79 Å². The Hall–Kier alpha value is -1.13. The number of nitrogens with zero attached hydrogens (tertiary/aromatic N) is 2. The summed E-state index contributed by atoms with van der Waals surface area (Å²) in [7, 11) is 0. The summed E-state index contributed by atoms with van der Waals surface area (Å²) in [5.74, 6) is 0.270. The fourth-order valence-electron chi connectivity index (χ4n) is 2.91. The minimum absolute atomic E-state index is 0.270. The van der Waals surface area contributed by atoms with Gasteiger partial charge in [-0.15, -0.1) is 0 Å². The van der Waals surface area contributed by atoms with Crippen molar-refractivity contribution in [3.05, 3.63) is 22.2 Å². The predicted octanol–water partition coefficient (Wildman–Crippen LogP) is 2.39. The molecular weight excluding hydrogens is 285 g/mol. The van der Waals surface area contributed by atoms with E-state index in [0.717, 1.165) is 31.7 Å². The second kappa shape index (κ2) is 4.76. The van der Waals surface area contributed by atoms with Crippen LogP contribution in [0.2, 0.25) is 10.0 Å². The number of carbonyl (C=O) groups excluding carboxylic acids is 1. The van der Waals surface area contributed by atoms with E-state index in [9.17, 15) is 4.79 Å². The Morgan fingerprint density at radius 2 is 1.95 bits per heavy atom. The molecule has 0 aromatic heterocycles. The Labute approximate surface area is 122 Å². The number of hydrogen-bond acceptors (Lipinski definition) is 3. The van der Waals surface area contributed by atoms with Crippen LogP contribution < -0.4 is 10.6 Å². The number of hydrogen-bond donors (Lipinski definition) is 1. The largest absolute Gasteiger partial charge is 0.397 e. The van der Waals surface area contributed by atoms with Crippen LogP contribution in [0.5, 0.6) is 0 Å². The molecule has 0 aliphatic carbocycles. The highest BCUT2D eigenvalue weighted by Crippen LogP contribution is 2.35. The average molecular weight is 300 g/mol. The SMILES string of the molecule is Nc1cc(Cl)c(Cl)cc1N1CCN2C(=O)CCC2C1.